The first-order valence-electron chi connectivity index (χ1n) is 12.6. The van der Waals surface area contributed by atoms with Crippen molar-refractivity contribution >= 4 is 38.3 Å². The van der Waals surface area contributed by atoms with Crippen molar-refractivity contribution in [3.05, 3.63) is 70.2 Å². The number of fused-ring (bicyclic) bond motifs is 2. The molecule has 0 aliphatic carbocycles. The molecule has 0 spiro atoms. The zero-order valence-electron chi connectivity index (χ0n) is 21.1. The van der Waals surface area contributed by atoms with Crippen molar-refractivity contribution in [1.82, 2.24) is 30.0 Å². The summed E-state index contributed by atoms with van der Waals surface area (Å²) in [5.41, 5.74) is 4.90. The van der Waals surface area contributed by atoms with Gasteiger partial charge in [0.1, 0.15) is 28.7 Å². The summed E-state index contributed by atoms with van der Waals surface area (Å²) in [4.78, 5) is 11.6. The summed E-state index contributed by atoms with van der Waals surface area (Å²) >= 11 is 1.07. The van der Waals surface area contributed by atoms with Crippen molar-refractivity contribution in [2.45, 2.75) is 45.1 Å². The Morgan fingerprint density at radius 2 is 2.10 bits per heavy atom. The van der Waals surface area contributed by atoms with Crippen molar-refractivity contribution in [1.29, 1.82) is 5.26 Å². The Bertz CT molecular complexity index is 1680. The van der Waals surface area contributed by atoms with E-state index in [4.69, 9.17) is 0 Å². The van der Waals surface area contributed by atoms with Gasteiger partial charge in [0.15, 0.2) is 0 Å². The summed E-state index contributed by atoms with van der Waals surface area (Å²) in [5, 5.41) is 21.9. The molecule has 12 heteroatoms. The Kier molecular flexibility index (Phi) is 6.48. The molecular formula is C27H25F3N8S. The highest BCUT2D eigenvalue weighted by Crippen LogP contribution is 2.35. The van der Waals surface area contributed by atoms with Crippen LogP contribution in [0.3, 0.4) is 0 Å². The minimum atomic E-state index is -4.25. The summed E-state index contributed by atoms with van der Waals surface area (Å²) in [5.74, 6) is 0.689. The first-order valence-corrected chi connectivity index (χ1v) is 13.4. The van der Waals surface area contributed by atoms with Crippen LogP contribution in [0, 0.1) is 18.3 Å². The Labute approximate surface area is 226 Å². The molecule has 0 amide bonds. The number of anilines is 1. The van der Waals surface area contributed by atoms with Crippen LogP contribution < -0.4 is 10.2 Å². The Morgan fingerprint density at radius 3 is 2.87 bits per heavy atom. The van der Waals surface area contributed by atoms with Gasteiger partial charge in [0.05, 0.1) is 24.5 Å². The number of hydrogen-bond acceptors (Lipinski definition) is 7. The van der Waals surface area contributed by atoms with Crippen LogP contribution in [0.2, 0.25) is 0 Å². The molecule has 5 heterocycles. The van der Waals surface area contributed by atoms with Gasteiger partial charge in [-0.2, -0.15) is 23.5 Å². The molecule has 0 saturated carbocycles. The molecule has 1 aliphatic heterocycles. The van der Waals surface area contributed by atoms with Crippen LogP contribution in [0.4, 0.5) is 19.0 Å². The molecule has 4 aromatic heterocycles. The first kappa shape index (κ1) is 25.3. The van der Waals surface area contributed by atoms with Gasteiger partial charge in [0.25, 0.3) is 0 Å². The number of thiophene rings is 1. The lowest BCUT2D eigenvalue weighted by Crippen LogP contribution is -2.32. The van der Waals surface area contributed by atoms with Crippen molar-refractivity contribution < 1.29 is 13.2 Å². The van der Waals surface area contributed by atoms with E-state index in [0.29, 0.717) is 41.4 Å². The smallest absolute Gasteiger partial charge is 0.354 e. The third kappa shape index (κ3) is 5.07. The summed E-state index contributed by atoms with van der Waals surface area (Å²) < 4.78 is 40.7. The summed E-state index contributed by atoms with van der Waals surface area (Å²) in [6.07, 6.45) is 0.705. The molecular weight excluding hydrogens is 525 g/mol. The Hall–Kier alpha value is -3.95. The molecule has 200 valence electrons. The zero-order chi connectivity index (χ0) is 27.1. The molecule has 1 fully saturated rings. The van der Waals surface area contributed by atoms with Crippen molar-refractivity contribution in [3.63, 3.8) is 0 Å². The number of nitrogens with one attached hydrogen (secondary N) is 2. The predicted octanol–water partition coefficient (Wildman–Crippen LogP) is 5.07. The average molecular weight is 551 g/mol. The molecule has 1 saturated heterocycles. The number of rotatable bonds is 7. The average Bonchev–Trinajstić information content (AvgIpc) is 3.69. The molecule has 1 unspecified atom stereocenters. The first-order chi connectivity index (χ1) is 18.8. The van der Waals surface area contributed by atoms with Gasteiger partial charge in [-0.3, -0.25) is 5.10 Å². The topological polar surface area (TPSA) is 98.5 Å². The standard InChI is InChI=1S/C27H25F3N8S/c1-16-18(2-3-24-22(16)6-20(9-31)38(24)13-17-10-35-36-11-17)12-32-19-4-5-37(14-19)25-23-7-21(8-27(28,29)30)39-26(23)34-15-33-25/h2-3,6-7,10-11,15,19,32H,4-5,8,12-14H2,1H3,(H,35,36). The number of aromatic amines is 1. The minimum absolute atomic E-state index is 0.207. The zero-order valence-corrected chi connectivity index (χ0v) is 21.9. The van der Waals surface area contributed by atoms with Gasteiger partial charge < -0.3 is 14.8 Å². The monoisotopic (exact) mass is 550 g/mol. The Balaban J connectivity index is 1.16. The van der Waals surface area contributed by atoms with Gasteiger partial charge in [-0.1, -0.05) is 6.07 Å². The highest BCUT2D eigenvalue weighted by molar-refractivity contribution is 7.18. The van der Waals surface area contributed by atoms with Gasteiger partial charge in [0, 0.05) is 53.2 Å². The molecule has 0 bridgehead atoms. The number of alkyl halides is 3. The number of aromatic nitrogens is 5. The maximum atomic E-state index is 12.9. The number of hydrogen-bond donors (Lipinski definition) is 2. The second-order valence-corrected chi connectivity index (χ2v) is 11.0. The SMILES string of the molecule is Cc1c(CNC2CCN(c3ncnc4sc(CC(F)(F)F)cc34)C2)ccc2c1cc(C#N)n2Cc1cn[nH]c1. The molecule has 1 aliphatic rings. The fraction of sp³-hybridized carbons (Fsp3) is 0.333. The normalized spacial score (nSPS) is 16.0. The van der Waals surface area contributed by atoms with Gasteiger partial charge in [-0.25, -0.2) is 9.97 Å². The quantitative estimate of drug-likeness (QED) is 0.294. The van der Waals surface area contributed by atoms with Gasteiger partial charge >= 0.3 is 6.18 Å². The molecule has 1 aromatic carbocycles. The highest BCUT2D eigenvalue weighted by atomic mass is 32.1. The number of halogens is 3. The summed E-state index contributed by atoms with van der Waals surface area (Å²) in [6.45, 7) is 4.78. The molecule has 1 atom stereocenters. The van der Waals surface area contributed by atoms with E-state index in [1.165, 1.54) is 6.33 Å². The number of nitrogens with zero attached hydrogens (tertiary/aromatic N) is 6. The predicted molar refractivity (Wildman–Crippen MR) is 144 cm³/mol. The summed E-state index contributed by atoms with van der Waals surface area (Å²) in [6, 6.07) is 10.2. The second-order valence-electron chi connectivity index (χ2n) is 9.85. The van der Waals surface area contributed by atoms with E-state index in [1.807, 2.05) is 16.8 Å². The number of H-pyrrole nitrogens is 1. The second kappa shape index (κ2) is 9.98. The minimum Gasteiger partial charge on any atom is -0.354 e. The van der Waals surface area contributed by atoms with Gasteiger partial charge in [-0.05, 0) is 42.7 Å². The van der Waals surface area contributed by atoms with Gasteiger partial charge in [-0.15, -0.1) is 11.3 Å². The fourth-order valence-corrected chi connectivity index (χ4v) is 6.35. The third-order valence-electron chi connectivity index (χ3n) is 7.28. The molecule has 39 heavy (non-hydrogen) atoms. The lowest BCUT2D eigenvalue weighted by atomic mass is 10.0. The molecule has 5 aromatic rings. The van der Waals surface area contributed by atoms with Crippen molar-refractivity contribution in [2.75, 3.05) is 18.0 Å². The molecule has 0 radical (unpaired) electrons. The van der Waals surface area contributed by atoms with Crippen LogP contribution in [0.15, 0.2) is 43.0 Å². The molecule has 6 rings (SSSR count). The van der Waals surface area contributed by atoms with E-state index in [9.17, 15) is 18.4 Å². The molecule has 2 N–H and O–H groups in total. The maximum Gasteiger partial charge on any atom is 0.393 e. The van der Waals surface area contributed by atoms with Crippen LogP contribution in [0.25, 0.3) is 21.1 Å². The number of nitriles is 1. The number of aryl methyl sites for hydroxylation is 1. The van der Waals surface area contributed by atoms with Crippen LogP contribution in [-0.2, 0) is 19.5 Å². The third-order valence-corrected chi connectivity index (χ3v) is 8.32. The highest BCUT2D eigenvalue weighted by Gasteiger charge is 2.30. The summed E-state index contributed by atoms with van der Waals surface area (Å²) in [7, 11) is 0. The lowest BCUT2D eigenvalue weighted by Gasteiger charge is -2.19. The van der Waals surface area contributed by atoms with E-state index >= 15 is 0 Å². The van der Waals surface area contributed by atoms with Crippen molar-refractivity contribution in [3.8, 4) is 6.07 Å². The van der Waals surface area contributed by atoms with E-state index in [1.54, 1.807) is 12.3 Å². The largest absolute Gasteiger partial charge is 0.393 e. The van der Waals surface area contributed by atoms with Crippen LogP contribution >= 0.6 is 11.3 Å². The number of benzene rings is 1. The van der Waals surface area contributed by atoms with Crippen LogP contribution in [0.1, 0.15) is 33.7 Å². The van der Waals surface area contributed by atoms with E-state index in [0.717, 1.165) is 51.9 Å². The Morgan fingerprint density at radius 1 is 1.23 bits per heavy atom. The maximum absolute atomic E-state index is 12.9. The van der Waals surface area contributed by atoms with Crippen LogP contribution in [0.5, 0.6) is 0 Å². The lowest BCUT2D eigenvalue weighted by molar-refractivity contribution is -0.126. The van der Waals surface area contributed by atoms with Crippen LogP contribution in [-0.4, -0.2) is 50.0 Å². The molecule has 8 nitrogen and oxygen atoms in total. The van der Waals surface area contributed by atoms with E-state index in [2.05, 4.69) is 55.5 Å². The van der Waals surface area contributed by atoms with Gasteiger partial charge in [0.2, 0.25) is 0 Å². The van der Waals surface area contributed by atoms with E-state index in [-0.39, 0.29) is 10.9 Å². The van der Waals surface area contributed by atoms with Crippen molar-refractivity contribution in [2.24, 2.45) is 0 Å². The van der Waals surface area contributed by atoms with E-state index < -0.39 is 12.6 Å². The fourth-order valence-electron chi connectivity index (χ4n) is 5.33.